The van der Waals surface area contributed by atoms with Gasteiger partial charge in [-0.3, -0.25) is 9.59 Å². The van der Waals surface area contributed by atoms with Gasteiger partial charge in [0.2, 0.25) is 11.2 Å². The molecule has 2 rings (SSSR count). The number of thioether (sulfide) groups is 2. The highest BCUT2D eigenvalue weighted by atomic mass is 32.2. The highest BCUT2D eigenvalue weighted by molar-refractivity contribution is 8.00. The zero-order valence-corrected chi connectivity index (χ0v) is 23.7. The highest BCUT2D eigenvalue weighted by Gasteiger charge is 2.24. The van der Waals surface area contributed by atoms with Crippen LogP contribution in [0, 0.1) is 10.8 Å². The molecule has 1 atom stereocenters. The number of aliphatic hydroxyl groups excluding tert-OH is 1. The van der Waals surface area contributed by atoms with E-state index in [0.717, 1.165) is 56.1 Å². The third-order valence-electron chi connectivity index (χ3n) is 6.20. The summed E-state index contributed by atoms with van der Waals surface area (Å²) in [4.78, 5) is 23.1. The molecule has 0 fully saturated rings. The third kappa shape index (κ3) is 12.0. The van der Waals surface area contributed by atoms with Gasteiger partial charge in [-0.1, -0.05) is 27.7 Å². The monoisotopic (exact) mass is 538 g/mol. The Morgan fingerprint density at radius 3 is 2.17 bits per heavy atom. The third-order valence-corrected chi connectivity index (χ3v) is 8.51. The second-order valence-corrected chi connectivity index (χ2v) is 13.4. The smallest absolute Gasteiger partial charge is 0.226 e. The average molecular weight is 539 g/mol. The van der Waals surface area contributed by atoms with Gasteiger partial charge in [0.15, 0.2) is 11.5 Å². The highest BCUT2D eigenvalue weighted by Crippen LogP contribution is 2.31. The fourth-order valence-corrected chi connectivity index (χ4v) is 6.15. The van der Waals surface area contributed by atoms with Gasteiger partial charge in [-0.15, -0.1) is 0 Å². The van der Waals surface area contributed by atoms with Crippen LogP contribution < -0.4 is 5.43 Å². The number of rotatable bonds is 16. The molecule has 0 radical (unpaired) electrons. The maximum absolute atomic E-state index is 11.6. The first kappa shape index (κ1) is 30.4. The van der Waals surface area contributed by atoms with Crippen molar-refractivity contribution in [2.45, 2.75) is 78.7 Å². The van der Waals surface area contributed by atoms with Gasteiger partial charge in [-0.05, 0) is 84.5 Å². The number of aromatic hydroxyl groups is 1. The molecule has 1 aliphatic rings. The summed E-state index contributed by atoms with van der Waals surface area (Å²) in [6.07, 6.45) is 12.4. The molecule has 6 nitrogen and oxygen atoms in total. The number of ketones is 1. The number of allylic oxidation sites excluding steroid dienone is 1. The van der Waals surface area contributed by atoms with Crippen molar-refractivity contribution in [3.8, 4) is 5.75 Å². The van der Waals surface area contributed by atoms with E-state index in [1.165, 1.54) is 30.1 Å². The van der Waals surface area contributed by atoms with Gasteiger partial charge in [-0.25, -0.2) is 0 Å². The number of carbonyl (C=O) groups excluding carboxylic acids is 1. The molecule has 1 unspecified atom stereocenters. The molecule has 2 N–H and O–H groups in total. The minimum atomic E-state index is -0.407. The van der Waals surface area contributed by atoms with Crippen LogP contribution in [0.4, 0.5) is 0 Å². The Morgan fingerprint density at radius 2 is 1.53 bits per heavy atom. The maximum atomic E-state index is 11.6. The lowest BCUT2D eigenvalue weighted by atomic mass is 9.82. The Morgan fingerprint density at radius 1 is 0.917 bits per heavy atom. The molecule has 0 amide bonds. The van der Waals surface area contributed by atoms with Gasteiger partial charge in [0.05, 0.1) is 0 Å². The zero-order chi connectivity index (χ0) is 26.6. The molecule has 8 heteroatoms. The molecule has 0 spiro atoms. The Hall–Kier alpha value is -1.80. The fraction of sp³-hybridized carbons (Fsp3) is 0.643. The van der Waals surface area contributed by atoms with Crippen LogP contribution in [-0.4, -0.2) is 45.1 Å². The molecular weight excluding hydrogens is 496 g/mol. The number of aliphatic hydroxyl groups is 1. The summed E-state index contributed by atoms with van der Waals surface area (Å²) < 4.78 is 10.9. The first-order chi connectivity index (χ1) is 17.0. The molecule has 0 aliphatic carbocycles. The van der Waals surface area contributed by atoms with E-state index < -0.39 is 5.78 Å². The van der Waals surface area contributed by atoms with Crippen LogP contribution in [0.2, 0.25) is 0 Å². The van der Waals surface area contributed by atoms with E-state index in [2.05, 4.69) is 27.7 Å². The number of carbonyl (C=O) groups is 1. The standard InChI is InChI=1S/C28H42O6S2/c1-27(2,17-21-8-9-23(29)25(31)19-33-21)10-5-12-35-14-7-15-36-13-6-11-28(3,4)18-22-16-24(30)26(32)20-34-22/h8-9,16,19-21,31-32H,5-7,10-15,17-18H2,1-4H3. The van der Waals surface area contributed by atoms with E-state index in [-0.39, 0.29) is 33.9 Å². The quantitative estimate of drug-likeness (QED) is 0.225. The number of ether oxygens (including phenoxy) is 1. The Balaban J connectivity index is 1.48. The van der Waals surface area contributed by atoms with Crippen LogP contribution in [0.3, 0.4) is 0 Å². The Kier molecular flexibility index (Phi) is 12.5. The summed E-state index contributed by atoms with van der Waals surface area (Å²) in [7, 11) is 0. The zero-order valence-electron chi connectivity index (χ0n) is 22.1. The van der Waals surface area contributed by atoms with E-state index in [1.54, 1.807) is 6.08 Å². The van der Waals surface area contributed by atoms with Crippen molar-refractivity contribution in [1.29, 1.82) is 0 Å². The van der Waals surface area contributed by atoms with Crippen molar-refractivity contribution in [2.24, 2.45) is 10.8 Å². The summed E-state index contributed by atoms with van der Waals surface area (Å²) >= 11 is 4.02. The van der Waals surface area contributed by atoms with Crippen LogP contribution in [0.25, 0.3) is 0 Å². The molecule has 202 valence electrons. The van der Waals surface area contributed by atoms with E-state index >= 15 is 0 Å². The summed E-state index contributed by atoms with van der Waals surface area (Å²) in [5, 5.41) is 18.8. The van der Waals surface area contributed by atoms with Crippen molar-refractivity contribution in [2.75, 3.05) is 23.0 Å². The largest absolute Gasteiger partial charge is 0.502 e. The lowest BCUT2D eigenvalue weighted by Crippen LogP contribution is -2.20. The van der Waals surface area contributed by atoms with Crippen molar-refractivity contribution < 1.29 is 24.2 Å². The van der Waals surface area contributed by atoms with Crippen molar-refractivity contribution in [3.05, 3.63) is 52.5 Å². The van der Waals surface area contributed by atoms with Crippen LogP contribution in [-0.2, 0) is 16.0 Å². The summed E-state index contributed by atoms with van der Waals surface area (Å²) in [5.74, 6) is 4.18. The predicted molar refractivity (Wildman–Crippen MR) is 150 cm³/mol. The second kappa shape index (κ2) is 14.8. The Labute approximate surface area is 224 Å². The van der Waals surface area contributed by atoms with Gasteiger partial charge in [0.1, 0.15) is 24.4 Å². The van der Waals surface area contributed by atoms with Crippen molar-refractivity contribution >= 4 is 29.3 Å². The van der Waals surface area contributed by atoms with Crippen molar-refractivity contribution in [1.82, 2.24) is 0 Å². The summed E-state index contributed by atoms with van der Waals surface area (Å²) in [6, 6.07) is 1.39. The maximum Gasteiger partial charge on any atom is 0.226 e. The summed E-state index contributed by atoms with van der Waals surface area (Å²) in [5.41, 5.74) is -0.237. The van der Waals surface area contributed by atoms with Crippen molar-refractivity contribution in [3.63, 3.8) is 0 Å². The van der Waals surface area contributed by atoms with Crippen LogP contribution in [0.5, 0.6) is 5.75 Å². The lowest BCUT2D eigenvalue weighted by Gasteiger charge is -2.27. The molecule has 1 aromatic heterocycles. The number of hydrogen-bond donors (Lipinski definition) is 2. The normalized spacial score (nSPS) is 16.5. The first-order valence-corrected chi connectivity index (χ1v) is 15.0. The van der Waals surface area contributed by atoms with Crippen LogP contribution in [0.1, 0.15) is 72.0 Å². The first-order valence-electron chi connectivity index (χ1n) is 12.7. The van der Waals surface area contributed by atoms with Gasteiger partial charge < -0.3 is 19.4 Å². The molecule has 36 heavy (non-hydrogen) atoms. The molecule has 0 aromatic carbocycles. The second-order valence-electron chi connectivity index (χ2n) is 11.0. The fourth-order valence-electron chi connectivity index (χ4n) is 4.17. The van der Waals surface area contributed by atoms with Gasteiger partial charge >= 0.3 is 0 Å². The van der Waals surface area contributed by atoms with Gasteiger partial charge in [0, 0.05) is 12.5 Å². The minimum Gasteiger partial charge on any atom is -0.502 e. The van der Waals surface area contributed by atoms with Crippen LogP contribution in [0.15, 0.2) is 45.7 Å². The molecule has 0 saturated carbocycles. The molecule has 2 heterocycles. The number of hydrogen-bond acceptors (Lipinski definition) is 8. The minimum absolute atomic E-state index is 0.0472. The topological polar surface area (TPSA) is 97.0 Å². The average Bonchev–Trinajstić information content (AvgIpc) is 2.95. The molecule has 1 aromatic rings. The van der Waals surface area contributed by atoms with E-state index in [1.807, 2.05) is 23.5 Å². The van der Waals surface area contributed by atoms with Crippen LogP contribution >= 0.6 is 23.5 Å². The van der Waals surface area contributed by atoms with E-state index in [4.69, 9.17) is 9.15 Å². The summed E-state index contributed by atoms with van der Waals surface area (Å²) in [6.45, 7) is 8.82. The van der Waals surface area contributed by atoms with E-state index in [9.17, 15) is 19.8 Å². The van der Waals surface area contributed by atoms with Gasteiger partial charge in [-0.2, -0.15) is 23.5 Å². The molecular formula is C28H42O6S2. The lowest BCUT2D eigenvalue weighted by molar-refractivity contribution is -0.113. The van der Waals surface area contributed by atoms with Gasteiger partial charge in [0.25, 0.3) is 0 Å². The molecule has 0 bridgehead atoms. The van der Waals surface area contributed by atoms with E-state index in [0.29, 0.717) is 12.2 Å². The molecule has 1 aliphatic heterocycles. The molecule has 0 saturated heterocycles. The Bertz CT molecular complexity index is 948. The predicted octanol–water partition coefficient (Wildman–Crippen LogP) is 6.67. The SMILES string of the molecule is CC(C)(CCCSCCCSCCCC(C)(C)CC1C=CC(=O)C(O)=CO1)Cc1cc(=O)c(O)co1.